The summed E-state index contributed by atoms with van der Waals surface area (Å²) in [6.45, 7) is 16.6. The molecular formula is C38H58N2O6. The van der Waals surface area contributed by atoms with E-state index in [1.54, 1.807) is 0 Å². The highest BCUT2D eigenvalue weighted by Crippen LogP contribution is 2.87. The van der Waals surface area contributed by atoms with Crippen LogP contribution in [0.4, 0.5) is 9.59 Å². The van der Waals surface area contributed by atoms with E-state index in [1.807, 2.05) is 9.80 Å². The van der Waals surface area contributed by atoms with Gasteiger partial charge in [0, 0.05) is 31.6 Å². The lowest BCUT2D eigenvalue weighted by molar-refractivity contribution is -0.187. The first-order chi connectivity index (χ1) is 21.9. The minimum absolute atomic E-state index is 0.00457. The molecule has 2 amide bonds. The Morgan fingerprint density at radius 1 is 0.826 bits per heavy atom. The number of hydrogen-bond acceptors (Lipinski definition) is 6. The van der Waals surface area contributed by atoms with Crippen LogP contribution in [0.3, 0.4) is 0 Å². The van der Waals surface area contributed by atoms with Crippen molar-refractivity contribution in [1.29, 1.82) is 0 Å². The molecule has 4 saturated heterocycles. The van der Waals surface area contributed by atoms with Gasteiger partial charge in [0.2, 0.25) is 0 Å². The van der Waals surface area contributed by atoms with Gasteiger partial charge in [0.25, 0.3) is 0 Å². The number of hydrogen-bond donors (Lipinski definition) is 0. The predicted octanol–water partition coefficient (Wildman–Crippen LogP) is 6.90. The standard InChI is InChI=1S/C38H58N2O6/c1-23(2)31(46-32(41)39-15-6-16-39)27-9-7-25-28(44-27)17-26-24-8-10-29-34(3,4)30(45-33(42)40-19-36(20-40)21-43-22-36)11-12-38(29)18-37(24,38)14-13-35(25,26)5/h23-31H,6-22H2,1-5H3. The summed E-state index contributed by atoms with van der Waals surface area (Å²) in [7, 11) is 0. The lowest BCUT2D eigenvalue weighted by Gasteiger charge is -2.60. The second-order valence-electron chi connectivity index (χ2n) is 19.0. The molecule has 0 aromatic rings. The number of ether oxygens (including phenoxy) is 4. The molecule has 0 aromatic carbocycles. The molecule has 4 aliphatic heterocycles. The molecule has 3 spiro atoms. The van der Waals surface area contributed by atoms with E-state index >= 15 is 0 Å². The molecule has 8 nitrogen and oxygen atoms in total. The lowest BCUT2D eigenvalue weighted by atomic mass is 9.46. The van der Waals surface area contributed by atoms with Crippen LogP contribution in [0.2, 0.25) is 0 Å². The maximum atomic E-state index is 13.2. The number of carbonyl (C=O) groups is 2. The third-order valence-electron chi connectivity index (χ3n) is 16.3. The molecule has 5 aliphatic carbocycles. The van der Waals surface area contributed by atoms with Crippen molar-refractivity contribution in [3.8, 4) is 0 Å². The summed E-state index contributed by atoms with van der Waals surface area (Å²) in [5.41, 5.74) is 1.48. The van der Waals surface area contributed by atoms with Gasteiger partial charge in [-0.1, -0.05) is 34.6 Å². The van der Waals surface area contributed by atoms with Crippen LogP contribution in [0.1, 0.15) is 105 Å². The van der Waals surface area contributed by atoms with Crippen LogP contribution in [-0.2, 0) is 18.9 Å². The van der Waals surface area contributed by atoms with Gasteiger partial charge in [0.05, 0.1) is 30.8 Å². The summed E-state index contributed by atoms with van der Waals surface area (Å²) in [4.78, 5) is 29.7. The molecule has 46 heavy (non-hydrogen) atoms. The summed E-state index contributed by atoms with van der Waals surface area (Å²) in [6.07, 6.45) is 13.3. The molecule has 11 unspecified atom stereocenters. The Bertz CT molecular complexity index is 1270. The fraction of sp³-hybridized carbons (Fsp3) is 0.947. The van der Waals surface area contributed by atoms with Gasteiger partial charge < -0.3 is 28.7 Å². The van der Waals surface area contributed by atoms with Gasteiger partial charge in [0.15, 0.2) is 0 Å². The first-order valence-corrected chi connectivity index (χ1v) is 19.1. The molecule has 11 atom stereocenters. The van der Waals surface area contributed by atoms with Gasteiger partial charge in [-0.25, -0.2) is 9.59 Å². The number of nitrogens with zero attached hydrogens (tertiary/aromatic N) is 2. The molecule has 256 valence electrons. The van der Waals surface area contributed by atoms with Crippen LogP contribution in [0.25, 0.3) is 0 Å². The fourth-order valence-electron chi connectivity index (χ4n) is 13.7. The molecule has 0 aromatic heterocycles. The lowest BCUT2D eigenvalue weighted by Crippen LogP contribution is -2.67. The van der Waals surface area contributed by atoms with E-state index in [0.717, 1.165) is 70.5 Å². The quantitative estimate of drug-likeness (QED) is 0.334. The Morgan fingerprint density at radius 2 is 1.59 bits per heavy atom. The monoisotopic (exact) mass is 638 g/mol. The van der Waals surface area contributed by atoms with Crippen molar-refractivity contribution in [3.63, 3.8) is 0 Å². The predicted molar refractivity (Wildman–Crippen MR) is 172 cm³/mol. The van der Waals surface area contributed by atoms with Gasteiger partial charge >= 0.3 is 12.2 Å². The molecule has 5 saturated carbocycles. The van der Waals surface area contributed by atoms with Crippen molar-refractivity contribution in [3.05, 3.63) is 0 Å². The van der Waals surface area contributed by atoms with Crippen molar-refractivity contribution in [2.24, 2.45) is 56.7 Å². The highest BCUT2D eigenvalue weighted by atomic mass is 16.6. The molecule has 9 aliphatic rings. The Balaban J connectivity index is 0.882. The van der Waals surface area contributed by atoms with E-state index in [-0.39, 0.29) is 47.2 Å². The van der Waals surface area contributed by atoms with E-state index < -0.39 is 0 Å². The maximum Gasteiger partial charge on any atom is 0.410 e. The molecule has 0 radical (unpaired) electrons. The SMILES string of the molecule is CC(C)C(OC(=O)N1CCC1)C1CCC2C(CC3C4CCC5C(C)(C)C(OC(=O)N6CC7(COC7)C6)CCC56CC46CCC23C)O1. The van der Waals surface area contributed by atoms with Gasteiger partial charge in [-0.05, 0) is 116 Å². The highest BCUT2D eigenvalue weighted by Gasteiger charge is 2.81. The molecule has 9 rings (SSSR count). The number of likely N-dealkylation sites (tertiary alicyclic amines) is 2. The number of amides is 2. The number of rotatable bonds is 4. The molecule has 9 fully saturated rings. The van der Waals surface area contributed by atoms with Crippen LogP contribution < -0.4 is 0 Å². The van der Waals surface area contributed by atoms with Crippen molar-refractivity contribution in [1.82, 2.24) is 9.80 Å². The van der Waals surface area contributed by atoms with Gasteiger partial charge in [-0.3, -0.25) is 0 Å². The van der Waals surface area contributed by atoms with Crippen LogP contribution in [-0.4, -0.2) is 85.8 Å². The number of carbonyl (C=O) groups excluding carboxylic acids is 2. The van der Waals surface area contributed by atoms with Crippen molar-refractivity contribution < 1.29 is 28.5 Å². The minimum atomic E-state index is -0.168. The van der Waals surface area contributed by atoms with Gasteiger partial charge in [0.1, 0.15) is 12.2 Å². The summed E-state index contributed by atoms with van der Waals surface area (Å²) < 4.78 is 24.9. The second kappa shape index (κ2) is 10.0. The zero-order chi connectivity index (χ0) is 31.9. The van der Waals surface area contributed by atoms with E-state index in [0.29, 0.717) is 34.2 Å². The van der Waals surface area contributed by atoms with Crippen LogP contribution in [0.5, 0.6) is 0 Å². The number of fused-ring (bicyclic) bond motifs is 4. The molecule has 4 heterocycles. The first kappa shape index (κ1) is 30.5. The summed E-state index contributed by atoms with van der Waals surface area (Å²) in [5.74, 6) is 3.01. The average Bonchev–Trinajstić information content (AvgIpc) is 3.50. The van der Waals surface area contributed by atoms with E-state index in [4.69, 9.17) is 18.9 Å². The third-order valence-corrected chi connectivity index (χ3v) is 16.3. The smallest absolute Gasteiger partial charge is 0.410 e. The van der Waals surface area contributed by atoms with Crippen LogP contribution in [0.15, 0.2) is 0 Å². The fourth-order valence-corrected chi connectivity index (χ4v) is 13.7. The largest absolute Gasteiger partial charge is 0.446 e. The van der Waals surface area contributed by atoms with Crippen molar-refractivity contribution in [2.45, 2.75) is 130 Å². The zero-order valence-electron chi connectivity index (χ0n) is 29.1. The molecule has 8 heteroatoms. The first-order valence-electron chi connectivity index (χ1n) is 19.1. The zero-order valence-corrected chi connectivity index (χ0v) is 29.1. The second-order valence-corrected chi connectivity index (χ2v) is 19.0. The van der Waals surface area contributed by atoms with Crippen LogP contribution in [0, 0.1) is 56.7 Å². The highest BCUT2D eigenvalue weighted by molar-refractivity contribution is 5.69. The summed E-state index contributed by atoms with van der Waals surface area (Å²) in [6, 6.07) is 0. The summed E-state index contributed by atoms with van der Waals surface area (Å²) in [5, 5.41) is 0. The van der Waals surface area contributed by atoms with Gasteiger partial charge in [-0.2, -0.15) is 0 Å². The summed E-state index contributed by atoms with van der Waals surface area (Å²) >= 11 is 0. The topological polar surface area (TPSA) is 77.5 Å². The maximum absolute atomic E-state index is 13.2. The molecule has 0 bridgehead atoms. The van der Waals surface area contributed by atoms with Crippen molar-refractivity contribution in [2.75, 3.05) is 39.4 Å². The van der Waals surface area contributed by atoms with E-state index in [9.17, 15) is 9.59 Å². The van der Waals surface area contributed by atoms with E-state index in [1.165, 1.54) is 51.4 Å². The third kappa shape index (κ3) is 4.04. The Labute approximate surface area is 275 Å². The van der Waals surface area contributed by atoms with Gasteiger partial charge in [-0.15, -0.1) is 0 Å². The Hall–Kier alpha value is -1.54. The minimum Gasteiger partial charge on any atom is -0.446 e. The Morgan fingerprint density at radius 3 is 2.26 bits per heavy atom. The van der Waals surface area contributed by atoms with Crippen molar-refractivity contribution >= 4 is 12.2 Å². The molecule has 0 N–H and O–H groups in total. The van der Waals surface area contributed by atoms with Crippen LogP contribution >= 0.6 is 0 Å². The normalized spacial score (nSPS) is 47.9. The Kier molecular flexibility index (Phi) is 6.64. The average molecular weight is 639 g/mol. The van der Waals surface area contributed by atoms with E-state index in [2.05, 4.69) is 34.6 Å². The molecular weight excluding hydrogens is 580 g/mol.